The lowest BCUT2D eigenvalue weighted by Crippen LogP contribution is -2.25. The van der Waals surface area contributed by atoms with Crippen LogP contribution < -0.4 is 0 Å². The van der Waals surface area contributed by atoms with Crippen molar-refractivity contribution in [2.24, 2.45) is 5.92 Å². The van der Waals surface area contributed by atoms with E-state index in [0.29, 0.717) is 13.2 Å². The molecule has 0 unspecified atom stereocenters. The summed E-state index contributed by atoms with van der Waals surface area (Å²) in [6, 6.07) is 0. The first-order valence-corrected chi connectivity index (χ1v) is 3.00. The second kappa shape index (κ2) is 3.23. The first-order valence-electron chi connectivity index (χ1n) is 3.00. The number of carbonyl (C=O) groups is 1. The van der Waals surface area contributed by atoms with E-state index in [1.165, 1.54) is 7.11 Å². The van der Waals surface area contributed by atoms with Gasteiger partial charge in [0, 0.05) is 5.92 Å². The van der Waals surface area contributed by atoms with Gasteiger partial charge in [-0.2, -0.15) is 0 Å². The SMILES string of the molecule is COC(=O)C#CC1COC1. The van der Waals surface area contributed by atoms with Gasteiger partial charge in [0.1, 0.15) is 0 Å². The number of methoxy groups -OCH3 is 1. The van der Waals surface area contributed by atoms with Gasteiger partial charge in [-0.3, -0.25) is 0 Å². The summed E-state index contributed by atoms with van der Waals surface area (Å²) in [5.74, 6) is 4.82. The van der Waals surface area contributed by atoms with Gasteiger partial charge in [0.15, 0.2) is 0 Å². The Morgan fingerprint density at radius 1 is 1.70 bits per heavy atom. The van der Waals surface area contributed by atoms with Gasteiger partial charge in [-0.1, -0.05) is 5.92 Å². The van der Waals surface area contributed by atoms with Crippen molar-refractivity contribution < 1.29 is 14.3 Å². The first kappa shape index (κ1) is 7.10. The number of hydrogen-bond acceptors (Lipinski definition) is 3. The summed E-state index contributed by atoms with van der Waals surface area (Å²) in [5.41, 5.74) is 0. The Hall–Kier alpha value is -1.01. The van der Waals surface area contributed by atoms with E-state index in [-0.39, 0.29) is 5.92 Å². The lowest BCUT2D eigenvalue weighted by Gasteiger charge is -2.19. The molecule has 54 valence electrons. The number of esters is 1. The van der Waals surface area contributed by atoms with Crippen molar-refractivity contribution in [2.45, 2.75) is 0 Å². The Morgan fingerprint density at radius 3 is 2.80 bits per heavy atom. The van der Waals surface area contributed by atoms with E-state index >= 15 is 0 Å². The topological polar surface area (TPSA) is 35.5 Å². The number of carbonyl (C=O) groups excluding carboxylic acids is 1. The van der Waals surface area contributed by atoms with Crippen LogP contribution in [0.1, 0.15) is 0 Å². The Kier molecular flexibility index (Phi) is 2.30. The molecule has 1 heterocycles. The third kappa shape index (κ3) is 1.74. The van der Waals surface area contributed by atoms with Crippen LogP contribution in [0.2, 0.25) is 0 Å². The summed E-state index contributed by atoms with van der Waals surface area (Å²) in [4.78, 5) is 10.4. The summed E-state index contributed by atoms with van der Waals surface area (Å²) in [6.07, 6.45) is 0. The zero-order valence-electron chi connectivity index (χ0n) is 5.72. The Labute approximate surface area is 59.3 Å². The van der Waals surface area contributed by atoms with Gasteiger partial charge in [0.05, 0.1) is 26.2 Å². The Bertz CT molecular complexity index is 183. The molecule has 1 aliphatic rings. The largest absolute Gasteiger partial charge is 0.459 e. The molecule has 10 heavy (non-hydrogen) atoms. The van der Waals surface area contributed by atoms with Crippen LogP contribution in [0.4, 0.5) is 0 Å². The first-order chi connectivity index (χ1) is 4.83. The van der Waals surface area contributed by atoms with Crippen molar-refractivity contribution in [3.63, 3.8) is 0 Å². The quantitative estimate of drug-likeness (QED) is 0.266. The molecule has 0 amide bonds. The van der Waals surface area contributed by atoms with Crippen molar-refractivity contribution in [3.05, 3.63) is 0 Å². The maximum atomic E-state index is 10.4. The molecule has 0 aromatic heterocycles. The van der Waals surface area contributed by atoms with E-state index in [2.05, 4.69) is 16.6 Å². The van der Waals surface area contributed by atoms with Gasteiger partial charge in [-0.05, 0) is 0 Å². The average Bonchev–Trinajstić information content (AvgIpc) is 1.84. The Balaban J connectivity index is 2.29. The Morgan fingerprint density at radius 2 is 2.40 bits per heavy atom. The van der Waals surface area contributed by atoms with Crippen LogP contribution in [0.5, 0.6) is 0 Å². The van der Waals surface area contributed by atoms with Gasteiger partial charge in [0.25, 0.3) is 0 Å². The van der Waals surface area contributed by atoms with Crippen molar-refractivity contribution in [2.75, 3.05) is 20.3 Å². The van der Waals surface area contributed by atoms with Crippen LogP contribution in [0.25, 0.3) is 0 Å². The highest BCUT2D eigenvalue weighted by Crippen LogP contribution is 2.06. The molecule has 0 aromatic carbocycles. The highest BCUT2D eigenvalue weighted by atomic mass is 16.5. The number of ether oxygens (including phenoxy) is 2. The highest BCUT2D eigenvalue weighted by molar-refractivity contribution is 5.88. The van der Waals surface area contributed by atoms with E-state index in [4.69, 9.17) is 4.74 Å². The van der Waals surface area contributed by atoms with Crippen LogP contribution in [-0.2, 0) is 14.3 Å². The molecule has 0 N–H and O–H groups in total. The predicted molar refractivity (Wildman–Crippen MR) is 34.1 cm³/mol. The van der Waals surface area contributed by atoms with Crippen LogP contribution in [0.15, 0.2) is 0 Å². The van der Waals surface area contributed by atoms with Gasteiger partial charge in [-0.25, -0.2) is 4.79 Å². The molecule has 0 aliphatic carbocycles. The molecule has 1 saturated heterocycles. The van der Waals surface area contributed by atoms with E-state index in [1.54, 1.807) is 0 Å². The van der Waals surface area contributed by atoms with Crippen molar-refractivity contribution in [1.29, 1.82) is 0 Å². The van der Waals surface area contributed by atoms with Gasteiger partial charge < -0.3 is 9.47 Å². The zero-order valence-corrected chi connectivity index (χ0v) is 5.72. The third-order valence-electron chi connectivity index (χ3n) is 1.20. The van der Waals surface area contributed by atoms with Gasteiger partial charge in [0.2, 0.25) is 0 Å². The lowest BCUT2D eigenvalue weighted by molar-refractivity contribution is -0.133. The summed E-state index contributed by atoms with van der Waals surface area (Å²) in [6.45, 7) is 1.29. The fourth-order valence-electron chi connectivity index (χ4n) is 0.531. The fourth-order valence-corrected chi connectivity index (χ4v) is 0.531. The summed E-state index contributed by atoms with van der Waals surface area (Å²) in [5, 5.41) is 0. The van der Waals surface area contributed by atoms with Crippen molar-refractivity contribution in [3.8, 4) is 11.8 Å². The number of hydrogen-bond donors (Lipinski definition) is 0. The molecule has 0 saturated carbocycles. The summed E-state index contributed by atoms with van der Waals surface area (Å²) < 4.78 is 9.16. The maximum absolute atomic E-state index is 10.4. The highest BCUT2D eigenvalue weighted by Gasteiger charge is 2.14. The molecular weight excluding hydrogens is 132 g/mol. The van der Waals surface area contributed by atoms with Crippen LogP contribution in [0.3, 0.4) is 0 Å². The summed E-state index contributed by atoms with van der Waals surface area (Å²) in [7, 11) is 1.31. The second-order valence-corrected chi connectivity index (χ2v) is 2.00. The standard InChI is InChI=1S/C7H8O3/c1-9-7(8)3-2-6-4-10-5-6/h6H,4-5H2,1H3. The van der Waals surface area contributed by atoms with Crippen LogP contribution >= 0.6 is 0 Å². The lowest BCUT2D eigenvalue weighted by atomic mass is 10.1. The van der Waals surface area contributed by atoms with E-state index in [9.17, 15) is 4.79 Å². The van der Waals surface area contributed by atoms with Crippen LogP contribution in [0, 0.1) is 17.8 Å². The molecule has 3 heteroatoms. The minimum atomic E-state index is -0.480. The molecule has 0 spiro atoms. The molecule has 0 atom stereocenters. The molecule has 0 radical (unpaired) electrons. The zero-order chi connectivity index (χ0) is 7.40. The summed E-state index contributed by atoms with van der Waals surface area (Å²) >= 11 is 0. The molecule has 3 nitrogen and oxygen atoms in total. The van der Waals surface area contributed by atoms with Gasteiger partial charge in [-0.15, -0.1) is 0 Å². The monoisotopic (exact) mass is 140 g/mol. The minimum absolute atomic E-state index is 0.235. The van der Waals surface area contributed by atoms with E-state index in [0.717, 1.165) is 0 Å². The normalized spacial score (nSPS) is 16.5. The predicted octanol–water partition coefficient (Wildman–Crippen LogP) is -0.191. The third-order valence-corrected chi connectivity index (χ3v) is 1.20. The van der Waals surface area contributed by atoms with Crippen molar-refractivity contribution >= 4 is 5.97 Å². The molecule has 0 bridgehead atoms. The fraction of sp³-hybridized carbons (Fsp3) is 0.571. The molecule has 0 aromatic rings. The van der Waals surface area contributed by atoms with E-state index < -0.39 is 5.97 Å². The average molecular weight is 140 g/mol. The molecular formula is C7H8O3. The van der Waals surface area contributed by atoms with Gasteiger partial charge >= 0.3 is 5.97 Å². The molecule has 1 aliphatic heterocycles. The molecule has 1 rings (SSSR count). The smallest absolute Gasteiger partial charge is 0.384 e. The van der Waals surface area contributed by atoms with Crippen LogP contribution in [-0.4, -0.2) is 26.3 Å². The second-order valence-electron chi connectivity index (χ2n) is 2.00. The number of rotatable bonds is 0. The maximum Gasteiger partial charge on any atom is 0.384 e. The minimum Gasteiger partial charge on any atom is -0.459 e. The van der Waals surface area contributed by atoms with E-state index in [1.807, 2.05) is 0 Å². The van der Waals surface area contributed by atoms with Crippen molar-refractivity contribution in [1.82, 2.24) is 0 Å². The molecule has 1 fully saturated rings.